The first-order chi connectivity index (χ1) is 16.7. The number of hydrogen-bond acceptors (Lipinski definition) is 6. The van der Waals surface area contributed by atoms with Crippen LogP contribution < -0.4 is 20.3 Å². The number of benzene rings is 2. The molecule has 0 aliphatic rings. The van der Waals surface area contributed by atoms with Gasteiger partial charge in [0.1, 0.15) is 12.2 Å². The maximum Gasteiger partial charge on any atom is 0.408 e. The third-order valence-corrected chi connectivity index (χ3v) is 5.03. The lowest BCUT2D eigenvalue weighted by Gasteiger charge is -2.24. The highest BCUT2D eigenvalue weighted by Gasteiger charge is 2.22. The van der Waals surface area contributed by atoms with Crippen LogP contribution in [0.5, 0.6) is 11.5 Å². The van der Waals surface area contributed by atoms with Gasteiger partial charge in [0.2, 0.25) is 0 Å². The second-order valence-electron chi connectivity index (χ2n) is 8.94. The number of hydrogen-bond donors (Lipinski definition) is 4. The molecule has 0 unspecified atom stereocenters. The largest absolute Gasteiger partial charge is 0.493 e. The van der Waals surface area contributed by atoms with E-state index in [2.05, 4.69) is 10.3 Å². The third-order valence-electron chi connectivity index (χ3n) is 5.03. The van der Waals surface area contributed by atoms with Crippen molar-refractivity contribution in [3.05, 3.63) is 65.9 Å². The molecule has 1 heterocycles. The number of fused-ring (bicyclic) bond motifs is 1. The molecule has 9 heteroatoms. The Labute approximate surface area is 204 Å². The molecule has 9 nitrogen and oxygen atoms in total. The summed E-state index contributed by atoms with van der Waals surface area (Å²) in [5, 5.41) is 12.6. The number of nitrogens with one attached hydrogen (secondary N) is 3. The minimum absolute atomic E-state index is 0.164. The molecule has 186 valence electrons. The van der Waals surface area contributed by atoms with Crippen LogP contribution in [0.1, 0.15) is 31.9 Å². The predicted octanol–water partition coefficient (Wildman–Crippen LogP) is 4.21. The normalized spacial score (nSPS) is 12.4. The molecule has 0 aliphatic carbocycles. The molecule has 3 rings (SSSR count). The molecule has 0 aliphatic heterocycles. The van der Waals surface area contributed by atoms with Gasteiger partial charge in [-0.15, -0.1) is 0 Å². The standard InChI is InChI=1S/C26H31N3O6/c1-26(2,3)35-25(31)28-19(14-18-15-27-21-8-6-5-7-20(18)21)16-34-22-11-9-17(13-23(22)33-4)10-12-24(30)29-32/h5-13,15,19,27,32H,14,16H2,1-4H3,(H,28,31)(H,29,30)/b12-10+/t19-/m0/s1. The van der Waals surface area contributed by atoms with Crippen molar-refractivity contribution in [2.75, 3.05) is 13.7 Å². The molecule has 1 atom stereocenters. The van der Waals surface area contributed by atoms with E-state index in [9.17, 15) is 9.59 Å². The van der Waals surface area contributed by atoms with E-state index in [0.29, 0.717) is 23.5 Å². The van der Waals surface area contributed by atoms with Crippen molar-refractivity contribution in [1.29, 1.82) is 0 Å². The number of amides is 2. The van der Waals surface area contributed by atoms with E-state index in [1.54, 1.807) is 18.2 Å². The molecule has 0 spiro atoms. The van der Waals surface area contributed by atoms with Crippen LogP contribution >= 0.6 is 0 Å². The molecule has 4 N–H and O–H groups in total. The number of methoxy groups -OCH3 is 1. The summed E-state index contributed by atoms with van der Waals surface area (Å²) in [6.07, 6.45) is 4.64. The number of ether oxygens (including phenoxy) is 3. The molecule has 0 bridgehead atoms. The summed E-state index contributed by atoms with van der Waals surface area (Å²) >= 11 is 0. The van der Waals surface area contributed by atoms with Gasteiger partial charge in [0.05, 0.1) is 13.2 Å². The molecule has 2 amide bonds. The number of carbonyl (C=O) groups is 2. The molecule has 3 aromatic rings. The lowest BCUT2D eigenvalue weighted by atomic mass is 10.1. The van der Waals surface area contributed by atoms with E-state index >= 15 is 0 Å². The first-order valence-corrected chi connectivity index (χ1v) is 11.2. The van der Waals surface area contributed by atoms with E-state index in [4.69, 9.17) is 19.4 Å². The highest BCUT2D eigenvalue weighted by atomic mass is 16.6. The van der Waals surface area contributed by atoms with Gasteiger partial charge in [-0.3, -0.25) is 10.0 Å². The first kappa shape index (κ1) is 25.6. The van der Waals surface area contributed by atoms with Crippen molar-refractivity contribution < 1.29 is 29.0 Å². The molecule has 2 aromatic carbocycles. The maximum atomic E-state index is 12.5. The Balaban J connectivity index is 1.77. The molecule has 0 radical (unpaired) electrons. The minimum Gasteiger partial charge on any atom is -0.493 e. The Morgan fingerprint density at radius 1 is 1.14 bits per heavy atom. The van der Waals surface area contributed by atoms with Crippen LogP contribution in [0, 0.1) is 0 Å². The summed E-state index contributed by atoms with van der Waals surface area (Å²) in [5.41, 5.74) is 3.64. The monoisotopic (exact) mass is 481 g/mol. The van der Waals surface area contributed by atoms with Gasteiger partial charge in [-0.05, 0) is 62.6 Å². The Kier molecular flexibility index (Phi) is 8.38. The van der Waals surface area contributed by atoms with Crippen molar-refractivity contribution in [2.24, 2.45) is 0 Å². The number of aromatic amines is 1. The van der Waals surface area contributed by atoms with Gasteiger partial charge in [0.15, 0.2) is 11.5 Å². The molecule has 35 heavy (non-hydrogen) atoms. The average Bonchev–Trinajstić information content (AvgIpc) is 3.22. The summed E-state index contributed by atoms with van der Waals surface area (Å²) in [5.74, 6) is 0.295. The van der Waals surface area contributed by atoms with Gasteiger partial charge in [-0.25, -0.2) is 10.3 Å². The number of hydroxylamine groups is 1. The highest BCUT2D eigenvalue weighted by molar-refractivity contribution is 5.90. The molecule has 0 fully saturated rings. The molecule has 0 saturated heterocycles. The average molecular weight is 482 g/mol. The van der Waals surface area contributed by atoms with E-state index in [-0.39, 0.29) is 12.6 Å². The maximum absolute atomic E-state index is 12.5. The van der Waals surface area contributed by atoms with Gasteiger partial charge in [-0.2, -0.15) is 0 Å². The van der Waals surface area contributed by atoms with Crippen molar-refractivity contribution in [3.63, 3.8) is 0 Å². The van der Waals surface area contributed by atoms with Gasteiger partial charge in [0, 0.05) is 23.2 Å². The van der Waals surface area contributed by atoms with Gasteiger partial charge >= 0.3 is 6.09 Å². The summed E-state index contributed by atoms with van der Waals surface area (Å²) in [6.45, 7) is 5.59. The zero-order valence-corrected chi connectivity index (χ0v) is 20.3. The van der Waals surface area contributed by atoms with Crippen molar-refractivity contribution >= 4 is 29.0 Å². The lowest BCUT2D eigenvalue weighted by molar-refractivity contribution is -0.124. The van der Waals surface area contributed by atoms with Crippen LogP contribution in [0.25, 0.3) is 17.0 Å². The third kappa shape index (κ3) is 7.51. The molecule has 0 saturated carbocycles. The first-order valence-electron chi connectivity index (χ1n) is 11.2. The number of para-hydroxylation sites is 1. The van der Waals surface area contributed by atoms with Crippen molar-refractivity contribution in [3.8, 4) is 11.5 Å². The van der Waals surface area contributed by atoms with E-state index in [1.165, 1.54) is 24.7 Å². The van der Waals surface area contributed by atoms with Crippen LogP contribution in [-0.4, -0.2) is 47.6 Å². The zero-order valence-electron chi connectivity index (χ0n) is 20.3. The highest BCUT2D eigenvalue weighted by Crippen LogP contribution is 2.29. The van der Waals surface area contributed by atoms with Crippen LogP contribution in [0.3, 0.4) is 0 Å². The Hall–Kier alpha value is -3.98. The fourth-order valence-corrected chi connectivity index (χ4v) is 3.50. The molecule has 1 aromatic heterocycles. The van der Waals surface area contributed by atoms with Gasteiger partial charge in [-0.1, -0.05) is 24.3 Å². The fraction of sp³-hybridized carbons (Fsp3) is 0.308. The molecular formula is C26H31N3O6. The minimum atomic E-state index is -0.641. The van der Waals surface area contributed by atoms with Gasteiger partial charge in [0.25, 0.3) is 5.91 Å². The second-order valence-corrected chi connectivity index (χ2v) is 8.94. The van der Waals surface area contributed by atoms with Crippen molar-refractivity contribution in [2.45, 2.75) is 38.8 Å². The quantitative estimate of drug-likeness (QED) is 0.206. The zero-order chi connectivity index (χ0) is 25.4. The number of H-pyrrole nitrogens is 1. The fourth-order valence-electron chi connectivity index (χ4n) is 3.50. The van der Waals surface area contributed by atoms with Crippen LogP contribution in [0.2, 0.25) is 0 Å². The Bertz CT molecular complexity index is 1200. The van der Waals surface area contributed by atoms with Crippen molar-refractivity contribution in [1.82, 2.24) is 15.8 Å². The Morgan fingerprint density at radius 2 is 1.91 bits per heavy atom. The predicted molar refractivity (Wildman–Crippen MR) is 133 cm³/mol. The second kappa shape index (κ2) is 11.4. The number of alkyl carbamates (subject to hydrolysis) is 1. The van der Waals surface area contributed by atoms with E-state index in [0.717, 1.165) is 16.5 Å². The van der Waals surface area contributed by atoms with E-state index in [1.807, 2.05) is 51.2 Å². The van der Waals surface area contributed by atoms with Gasteiger partial charge < -0.3 is 24.5 Å². The van der Waals surface area contributed by atoms with E-state index < -0.39 is 17.6 Å². The summed E-state index contributed by atoms with van der Waals surface area (Å²) in [7, 11) is 1.51. The topological polar surface area (TPSA) is 122 Å². The smallest absolute Gasteiger partial charge is 0.408 e. The van der Waals surface area contributed by atoms with Crippen LogP contribution in [-0.2, 0) is 16.0 Å². The van der Waals surface area contributed by atoms with Crippen LogP contribution in [0.15, 0.2) is 54.7 Å². The number of rotatable bonds is 9. The summed E-state index contributed by atoms with van der Waals surface area (Å²) in [6, 6.07) is 12.7. The van der Waals surface area contributed by atoms with Crippen LogP contribution in [0.4, 0.5) is 4.79 Å². The number of carbonyl (C=O) groups excluding carboxylic acids is 2. The summed E-state index contributed by atoms with van der Waals surface area (Å²) in [4.78, 5) is 27.0. The number of aromatic nitrogens is 1. The Morgan fingerprint density at radius 3 is 2.63 bits per heavy atom. The molecular weight excluding hydrogens is 450 g/mol. The SMILES string of the molecule is COc1cc(/C=C/C(=O)NO)ccc1OC[C@H](Cc1c[nH]c2ccccc12)NC(=O)OC(C)(C)C. The summed E-state index contributed by atoms with van der Waals surface area (Å²) < 4.78 is 16.9. The lowest BCUT2D eigenvalue weighted by Crippen LogP contribution is -2.43.